The number of nitrogens with one attached hydrogen (secondary N) is 1. The lowest BCUT2D eigenvalue weighted by Crippen LogP contribution is -2.09. The minimum atomic E-state index is -0.0739. The first-order chi connectivity index (χ1) is 7.31. The molecular weight excluding hydrogens is 190 g/mol. The largest absolute Gasteiger partial charge is 0.388 e. The van der Waals surface area contributed by atoms with E-state index in [4.69, 9.17) is 0 Å². The van der Waals surface area contributed by atoms with Crippen LogP contribution in [0.3, 0.4) is 0 Å². The maximum atomic E-state index is 11.8. The first-order valence-corrected chi connectivity index (χ1v) is 4.62. The van der Waals surface area contributed by atoms with Crippen LogP contribution in [0.1, 0.15) is 10.4 Å². The van der Waals surface area contributed by atoms with Gasteiger partial charge in [-0.15, -0.1) is 0 Å². The molecule has 0 bridgehead atoms. The molecule has 0 saturated heterocycles. The molecule has 0 atom stereocenters. The summed E-state index contributed by atoms with van der Waals surface area (Å²) in [7, 11) is 1.84. The highest BCUT2D eigenvalue weighted by molar-refractivity contribution is 5.96. The number of carbonyl (C=O) groups excluding carboxylic acids is 1. The van der Waals surface area contributed by atoms with Gasteiger partial charge in [0.25, 0.3) is 5.91 Å². The quantitative estimate of drug-likeness (QED) is 0.803. The van der Waals surface area contributed by atoms with Crippen LogP contribution in [0.25, 0.3) is 0 Å². The number of hydrogen-bond donors (Lipinski definition) is 1. The van der Waals surface area contributed by atoms with Crippen molar-refractivity contribution in [2.75, 3.05) is 12.4 Å². The van der Waals surface area contributed by atoms with Gasteiger partial charge in [-0.3, -0.25) is 9.36 Å². The van der Waals surface area contributed by atoms with Crippen LogP contribution in [-0.4, -0.2) is 22.5 Å². The lowest BCUT2D eigenvalue weighted by Gasteiger charge is -2.03. The molecule has 0 aliphatic heterocycles. The van der Waals surface area contributed by atoms with Gasteiger partial charge in [0.1, 0.15) is 6.33 Å². The third-order valence-electron chi connectivity index (χ3n) is 2.16. The van der Waals surface area contributed by atoms with Crippen molar-refractivity contribution in [3.8, 4) is 0 Å². The minimum Gasteiger partial charge on any atom is -0.388 e. The molecule has 2 rings (SSSR count). The molecule has 0 spiro atoms. The van der Waals surface area contributed by atoms with Gasteiger partial charge in [0.2, 0.25) is 0 Å². The Balaban J connectivity index is 2.27. The lowest BCUT2D eigenvalue weighted by molar-refractivity contribution is 0.0960. The summed E-state index contributed by atoms with van der Waals surface area (Å²) in [5.41, 5.74) is 1.63. The van der Waals surface area contributed by atoms with Crippen molar-refractivity contribution >= 4 is 11.6 Å². The molecule has 0 fully saturated rings. The van der Waals surface area contributed by atoms with Gasteiger partial charge in [0.15, 0.2) is 0 Å². The first kappa shape index (κ1) is 9.45. The average molecular weight is 201 g/mol. The zero-order valence-electron chi connectivity index (χ0n) is 8.34. The third-order valence-corrected chi connectivity index (χ3v) is 2.16. The van der Waals surface area contributed by atoms with Gasteiger partial charge in [-0.2, -0.15) is 0 Å². The minimum absolute atomic E-state index is 0.0739. The lowest BCUT2D eigenvalue weighted by atomic mass is 10.2. The van der Waals surface area contributed by atoms with Crippen LogP contribution in [0, 0.1) is 0 Å². The molecule has 4 nitrogen and oxygen atoms in total. The molecule has 15 heavy (non-hydrogen) atoms. The summed E-state index contributed by atoms with van der Waals surface area (Å²) in [6.45, 7) is 0. The van der Waals surface area contributed by atoms with Gasteiger partial charge in [0, 0.05) is 30.7 Å². The van der Waals surface area contributed by atoms with Crippen LogP contribution in [-0.2, 0) is 0 Å². The normalized spacial score (nSPS) is 9.93. The summed E-state index contributed by atoms with van der Waals surface area (Å²) in [6, 6.07) is 7.30. The molecular formula is C11H11N3O. The second-order valence-electron chi connectivity index (χ2n) is 3.10. The Bertz CT molecular complexity index is 445. The second-order valence-corrected chi connectivity index (χ2v) is 3.10. The van der Waals surface area contributed by atoms with Crippen molar-refractivity contribution in [2.45, 2.75) is 0 Å². The highest BCUT2D eigenvalue weighted by Crippen LogP contribution is 2.09. The van der Waals surface area contributed by atoms with E-state index < -0.39 is 0 Å². The number of aromatic nitrogens is 2. The van der Waals surface area contributed by atoms with E-state index >= 15 is 0 Å². The summed E-state index contributed by atoms with van der Waals surface area (Å²) in [5.74, 6) is -0.0739. The van der Waals surface area contributed by atoms with Crippen LogP contribution in [0.15, 0.2) is 43.0 Å². The standard InChI is InChI=1S/C11H11N3O/c1-12-10-4-2-9(3-5-10)11(15)14-7-6-13-8-14/h2-8,12H,1H3. The summed E-state index contributed by atoms with van der Waals surface area (Å²) in [4.78, 5) is 15.6. The van der Waals surface area contributed by atoms with Crippen molar-refractivity contribution in [1.29, 1.82) is 0 Å². The van der Waals surface area contributed by atoms with E-state index in [1.54, 1.807) is 24.5 Å². The van der Waals surface area contributed by atoms with Gasteiger partial charge in [0.05, 0.1) is 0 Å². The fourth-order valence-corrected chi connectivity index (χ4v) is 1.31. The van der Waals surface area contributed by atoms with Crippen molar-refractivity contribution in [3.63, 3.8) is 0 Å². The predicted molar refractivity (Wildman–Crippen MR) is 57.9 cm³/mol. The van der Waals surface area contributed by atoms with Crippen LogP contribution in [0.5, 0.6) is 0 Å². The Morgan fingerprint density at radius 2 is 2.07 bits per heavy atom. The fraction of sp³-hybridized carbons (Fsp3) is 0.0909. The van der Waals surface area contributed by atoms with Crippen molar-refractivity contribution < 1.29 is 4.79 Å². The Morgan fingerprint density at radius 3 is 2.60 bits per heavy atom. The number of carbonyl (C=O) groups is 1. The van der Waals surface area contributed by atoms with E-state index in [9.17, 15) is 4.79 Å². The third kappa shape index (κ3) is 1.88. The SMILES string of the molecule is CNc1ccc(C(=O)n2ccnc2)cc1. The fourth-order valence-electron chi connectivity index (χ4n) is 1.31. The molecule has 4 heteroatoms. The van der Waals surface area contributed by atoms with Gasteiger partial charge in [-0.05, 0) is 24.3 Å². The maximum Gasteiger partial charge on any atom is 0.263 e. The van der Waals surface area contributed by atoms with Gasteiger partial charge in [-0.25, -0.2) is 4.98 Å². The van der Waals surface area contributed by atoms with Gasteiger partial charge < -0.3 is 5.32 Å². The molecule has 1 aromatic carbocycles. The second kappa shape index (κ2) is 3.96. The van der Waals surface area contributed by atoms with E-state index in [1.165, 1.54) is 10.9 Å². The number of nitrogens with zero attached hydrogens (tertiary/aromatic N) is 2. The molecule has 0 aliphatic rings. The maximum absolute atomic E-state index is 11.8. The van der Waals surface area contributed by atoms with Crippen LogP contribution >= 0.6 is 0 Å². The number of rotatable bonds is 2. The first-order valence-electron chi connectivity index (χ1n) is 4.62. The Morgan fingerprint density at radius 1 is 1.33 bits per heavy atom. The molecule has 0 saturated carbocycles. The number of anilines is 1. The van der Waals surface area contributed by atoms with Crippen molar-refractivity contribution in [2.24, 2.45) is 0 Å². The summed E-state index contributed by atoms with van der Waals surface area (Å²) >= 11 is 0. The topological polar surface area (TPSA) is 46.9 Å². The van der Waals surface area contributed by atoms with E-state index in [0.717, 1.165) is 5.69 Å². The highest BCUT2D eigenvalue weighted by Gasteiger charge is 2.06. The van der Waals surface area contributed by atoms with Crippen molar-refractivity contribution in [1.82, 2.24) is 9.55 Å². The summed E-state index contributed by atoms with van der Waals surface area (Å²) < 4.78 is 1.45. The molecule has 0 amide bonds. The monoisotopic (exact) mass is 201 g/mol. The van der Waals surface area contributed by atoms with Crippen molar-refractivity contribution in [3.05, 3.63) is 48.5 Å². The molecule has 2 aromatic rings. The van der Waals surface area contributed by atoms with Crippen LogP contribution in [0.4, 0.5) is 5.69 Å². The summed E-state index contributed by atoms with van der Waals surface area (Å²) in [5, 5.41) is 3.00. The molecule has 0 radical (unpaired) electrons. The highest BCUT2D eigenvalue weighted by atomic mass is 16.2. The zero-order valence-corrected chi connectivity index (χ0v) is 8.34. The smallest absolute Gasteiger partial charge is 0.263 e. The molecule has 1 N–H and O–H groups in total. The summed E-state index contributed by atoms with van der Waals surface area (Å²) in [6.07, 6.45) is 4.71. The van der Waals surface area contributed by atoms with Gasteiger partial charge in [-0.1, -0.05) is 0 Å². The molecule has 1 heterocycles. The van der Waals surface area contributed by atoms with E-state index in [0.29, 0.717) is 5.56 Å². The van der Waals surface area contributed by atoms with E-state index in [2.05, 4.69) is 10.3 Å². The van der Waals surface area contributed by atoms with Gasteiger partial charge >= 0.3 is 0 Å². The average Bonchev–Trinajstić information content (AvgIpc) is 2.82. The zero-order chi connectivity index (χ0) is 10.7. The van der Waals surface area contributed by atoms with E-state index in [-0.39, 0.29) is 5.91 Å². The van der Waals surface area contributed by atoms with Crippen LogP contribution < -0.4 is 5.32 Å². The number of hydrogen-bond acceptors (Lipinski definition) is 3. The van der Waals surface area contributed by atoms with Crippen LogP contribution in [0.2, 0.25) is 0 Å². The number of benzene rings is 1. The Hall–Kier alpha value is -2.10. The molecule has 76 valence electrons. The molecule has 1 aromatic heterocycles. The molecule has 0 unspecified atom stereocenters. The van der Waals surface area contributed by atoms with E-state index in [1.807, 2.05) is 19.2 Å². The predicted octanol–water partition coefficient (Wildman–Crippen LogP) is 1.61. The number of imidazole rings is 1. The Labute approximate surface area is 87.6 Å². The molecule has 0 aliphatic carbocycles. The Kier molecular flexibility index (Phi) is 2.49.